The van der Waals surface area contributed by atoms with E-state index in [1.807, 2.05) is 31.2 Å². The van der Waals surface area contributed by atoms with E-state index in [1.165, 1.54) is 11.1 Å². The molecule has 180 valence electrons. The predicted octanol–water partition coefficient (Wildman–Crippen LogP) is 4.31. The van der Waals surface area contributed by atoms with E-state index in [1.54, 1.807) is 6.92 Å². The molecule has 2 aliphatic carbocycles. The molecule has 3 N–H and O–H groups in total. The molecule has 0 bridgehead atoms. The highest BCUT2D eigenvalue weighted by molar-refractivity contribution is 5.80. The van der Waals surface area contributed by atoms with E-state index in [0.29, 0.717) is 6.54 Å². The van der Waals surface area contributed by atoms with Crippen molar-refractivity contribution in [2.75, 3.05) is 13.2 Å². The standard InChI is InChI=1S/C27H32N2O5/c1-17(13-24(30)29-27(2,14-25(31)32)18-11-12-18)15-28-26(33)34-16-23-21-9-5-3-7-19(21)20-8-4-6-10-22(20)23/h3-10,17-18,23H,11-16H2,1-2H3,(H,28,33)(H,29,30)(H,31,32). The highest BCUT2D eigenvalue weighted by atomic mass is 16.5. The zero-order chi connectivity index (χ0) is 24.3. The van der Waals surface area contributed by atoms with Gasteiger partial charge in [0.15, 0.2) is 0 Å². The lowest BCUT2D eigenvalue weighted by atomic mass is 9.91. The van der Waals surface area contributed by atoms with E-state index in [-0.39, 0.29) is 43.1 Å². The van der Waals surface area contributed by atoms with Crippen LogP contribution in [0.2, 0.25) is 0 Å². The van der Waals surface area contributed by atoms with Gasteiger partial charge in [-0.3, -0.25) is 9.59 Å². The normalized spacial score (nSPS) is 17.1. The molecule has 2 unspecified atom stereocenters. The first kappa shape index (κ1) is 23.8. The van der Waals surface area contributed by atoms with E-state index >= 15 is 0 Å². The molecule has 34 heavy (non-hydrogen) atoms. The zero-order valence-corrected chi connectivity index (χ0v) is 19.7. The second-order valence-electron chi connectivity index (χ2n) is 9.83. The summed E-state index contributed by atoms with van der Waals surface area (Å²) in [5, 5.41) is 14.9. The Kier molecular flexibility index (Phi) is 6.91. The Morgan fingerprint density at radius 2 is 1.65 bits per heavy atom. The van der Waals surface area contributed by atoms with Gasteiger partial charge < -0.3 is 20.5 Å². The quantitative estimate of drug-likeness (QED) is 0.486. The van der Waals surface area contributed by atoms with Crippen LogP contribution in [0.3, 0.4) is 0 Å². The molecule has 2 aromatic rings. The number of ether oxygens (including phenoxy) is 1. The Morgan fingerprint density at radius 1 is 1.06 bits per heavy atom. The topological polar surface area (TPSA) is 105 Å². The summed E-state index contributed by atoms with van der Waals surface area (Å²) in [4.78, 5) is 36.1. The van der Waals surface area contributed by atoms with E-state index in [9.17, 15) is 19.5 Å². The molecule has 2 amide bonds. The molecule has 2 aromatic carbocycles. The van der Waals surface area contributed by atoms with Crippen molar-refractivity contribution < 1.29 is 24.2 Å². The Morgan fingerprint density at radius 3 is 2.21 bits per heavy atom. The molecule has 7 nitrogen and oxygen atoms in total. The number of fused-ring (bicyclic) bond motifs is 3. The zero-order valence-electron chi connectivity index (χ0n) is 19.7. The Bertz CT molecular complexity index is 1030. The average Bonchev–Trinajstić information content (AvgIpc) is 3.60. The second kappa shape index (κ2) is 9.87. The fourth-order valence-electron chi connectivity index (χ4n) is 4.99. The number of nitrogens with one attached hydrogen (secondary N) is 2. The minimum absolute atomic E-state index is 0.00399. The fourth-order valence-corrected chi connectivity index (χ4v) is 4.99. The van der Waals surface area contributed by atoms with Crippen LogP contribution in [0.25, 0.3) is 11.1 Å². The van der Waals surface area contributed by atoms with Gasteiger partial charge in [-0.05, 0) is 53.9 Å². The van der Waals surface area contributed by atoms with Crippen LogP contribution in [-0.2, 0) is 14.3 Å². The summed E-state index contributed by atoms with van der Waals surface area (Å²) in [6.45, 7) is 4.21. The van der Waals surface area contributed by atoms with E-state index < -0.39 is 17.6 Å². The number of carboxylic acid groups (broad SMARTS) is 1. The fraction of sp³-hybridized carbons (Fsp3) is 0.444. The van der Waals surface area contributed by atoms with Gasteiger partial charge in [-0.15, -0.1) is 0 Å². The van der Waals surface area contributed by atoms with Crippen LogP contribution >= 0.6 is 0 Å². The molecule has 1 fully saturated rings. The highest BCUT2D eigenvalue weighted by Gasteiger charge is 2.44. The van der Waals surface area contributed by atoms with Gasteiger partial charge in [0, 0.05) is 18.9 Å². The smallest absolute Gasteiger partial charge is 0.407 e. The van der Waals surface area contributed by atoms with Gasteiger partial charge >= 0.3 is 12.1 Å². The van der Waals surface area contributed by atoms with E-state index in [0.717, 1.165) is 24.0 Å². The number of carboxylic acids is 1. The SMILES string of the molecule is CC(CNC(=O)OCC1c2ccccc2-c2ccccc21)CC(=O)NC(C)(CC(=O)O)C1CC1. The van der Waals surface area contributed by atoms with Crippen molar-refractivity contribution in [3.05, 3.63) is 59.7 Å². The largest absolute Gasteiger partial charge is 0.481 e. The molecule has 2 aliphatic rings. The number of hydrogen-bond acceptors (Lipinski definition) is 4. The van der Waals surface area contributed by atoms with Crippen molar-refractivity contribution in [3.8, 4) is 11.1 Å². The van der Waals surface area contributed by atoms with Crippen LogP contribution in [0.4, 0.5) is 4.79 Å². The Hall–Kier alpha value is -3.35. The molecule has 0 heterocycles. The molecular formula is C27H32N2O5. The molecule has 0 spiro atoms. The van der Waals surface area contributed by atoms with E-state index in [4.69, 9.17) is 4.74 Å². The minimum Gasteiger partial charge on any atom is -0.481 e. The highest BCUT2D eigenvalue weighted by Crippen LogP contribution is 2.44. The molecule has 4 rings (SSSR count). The van der Waals surface area contributed by atoms with Crippen LogP contribution in [0.5, 0.6) is 0 Å². The number of rotatable bonds is 10. The summed E-state index contributed by atoms with van der Waals surface area (Å²) >= 11 is 0. The van der Waals surface area contributed by atoms with Crippen LogP contribution in [-0.4, -0.2) is 41.8 Å². The first-order valence-corrected chi connectivity index (χ1v) is 11.9. The van der Waals surface area contributed by atoms with Crippen molar-refractivity contribution in [2.24, 2.45) is 11.8 Å². The first-order chi connectivity index (χ1) is 16.3. The summed E-state index contributed by atoms with van der Waals surface area (Å²) in [7, 11) is 0. The third-order valence-electron chi connectivity index (χ3n) is 6.89. The van der Waals surface area contributed by atoms with Crippen molar-refractivity contribution in [1.82, 2.24) is 10.6 Å². The van der Waals surface area contributed by atoms with Gasteiger partial charge in [-0.1, -0.05) is 55.5 Å². The lowest BCUT2D eigenvalue weighted by Gasteiger charge is -2.30. The lowest BCUT2D eigenvalue weighted by Crippen LogP contribution is -2.49. The molecule has 0 aliphatic heterocycles. The van der Waals surface area contributed by atoms with Crippen molar-refractivity contribution in [2.45, 2.75) is 51.0 Å². The molecule has 1 saturated carbocycles. The van der Waals surface area contributed by atoms with Gasteiger partial charge in [0.1, 0.15) is 6.61 Å². The van der Waals surface area contributed by atoms with Crippen molar-refractivity contribution >= 4 is 18.0 Å². The maximum absolute atomic E-state index is 12.5. The Balaban J connectivity index is 1.24. The van der Waals surface area contributed by atoms with Gasteiger partial charge in [-0.2, -0.15) is 0 Å². The molecule has 2 atom stereocenters. The maximum Gasteiger partial charge on any atom is 0.407 e. The van der Waals surface area contributed by atoms with Crippen LogP contribution in [0, 0.1) is 11.8 Å². The minimum atomic E-state index is -0.917. The second-order valence-corrected chi connectivity index (χ2v) is 9.83. The van der Waals surface area contributed by atoms with Gasteiger partial charge in [0.05, 0.1) is 12.0 Å². The number of hydrogen-bond donors (Lipinski definition) is 3. The van der Waals surface area contributed by atoms with Crippen molar-refractivity contribution in [1.29, 1.82) is 0 Å². The molecule has 0 saturated heterocycles. The lowest BCUT2D eigenvalue weighted by molar-refractivity contribution is -0.139. The van der Waals surface area contributed by atoms with Gasteiger partial charge in [0.25, 0.3) is 0 Å². The maximum atomic E-state index is 12.5. The van der Waals surface area contributed by atoms with Crippen LogP contribution in [0.1, 0.15) is 56.6 Å². The number of carbonyl (C=O) groups is 3. The summed E-state index contributed by atoms with van der Waals surface area (Å²) in [5.74, 6) is -1.02. The van der Waals surface area contributed by atoms with Gasteiger partial charge in [-0.25, -0.2) is 4.79 Å². The molecule has 7 heteroatoms. The third-order valence-corrected chi connectivity index (χ3v) is 6.89. The number of amides is 2. The number of alkyl carbamates (subject to hydrolysis) is 1. The summed E-state index contributed by atoms with van der Waals surface area (Å²) in [5.41, 5.74) is 3.94. The third kappa shape index (κ3) is 5.41. The average molecular weight is 465 g/mol. The predicted molar refractivity (Wildman–Crippen MR) is 128 cm³/mol. The first-order valence-electron chi connectivity index (χ1n) is 11.9. The molecule has 0 aromatic heterocycles. The Labute approximate surface area is 199 Å². The summed E-state index contributed by atoms with van der Waals surface area (Å²) < 4.78 is 5.54. The number of benzene rings is 2. The van der Waals surface area contributed by atoms with Gasteiger partial charge in [0.2, 0.25) is 5.91 Å². The summed E-state index contributed by atoms with van der Waals surface area (Å²) in [6.07, 6.45) is 1.47. The van der Waals surface area contributed by atoms with Crippen LogP contribution < -0.4 is 10.6 Å². The summed E-state index contributed by atoms with van der Waals surface area (Å²) in [6, 6.07) is 16.3. The van der Waals surface area contributed by atoms with Crippen molar-refractivity contribution in [3.63, 3.8) is 0 Å². The molecule has 0 radical (unpaired) electrons. The number of carbonyl (C=O) groups excluding carboxylic acids is 2. The number of aliphatic carboxylic acids is 1. The van der Waals surface area contributed by atoms with E-state index in [2.05, 4.69) is 34.9 Å². The monoisotopic (exact) mass is 464 g/mol. The van der Waals surface area contributed by atoms with Crippen LogP contribution in [0.15, 0.2) is 48.5 Å². The molecular weight excluding hydrogens is 432 g/mol.